The van der Waals surface area contributed by atoms with Crippen LogP contribution in [0.3, 0.4) is 0 Å². The van der Waals surface area contributed by atoms with Gasteiger partial charge in [-0.05, 0) is 19.8 Å². The Hall–Kier alpha value is -0.460. The fourth-order valence-corrected chi connectivity index (χ4v) is 3.27. The van der Waals surface area contributed by atoms with E-state index in [1.165, 1.54) is 70.6 Å². The summed E-state index contributed by atoms with van der Waals surface area (Å²) in [5.41, 5.74) is 0. The van der Waals surface area contributed by atoms with Gasteiger partial charge in [0.05, 0.1) is 6.61 Å². The van der Waals surface area contributed by atoms with E-state index in [1.54, 1.807) is 6.92 Å². The van der Waals surface area contributed by atoms with Crippen LogP contribution < -0.4 is 0 Å². The zero-order valence-corrected chi connectivity index (χ0v) is 16.8. The van der Waals surface area contributed by atoms with E-state index >= 15 is 0 Å². The third kappa shape index (κ3) is 23.5. The molecule has 0 saturated carbocycles. The predicted molar refractivity (Wildman–Crippen MR) is 102 cm³/mol. The minimum Gasteiger partial charge on any atom is -0.300 e. The van der Waals surface area contributed by atoms with Crippen LogP contribution in [0.25, 0.3) is 0 Å². The van der Waals surface area contributed by atoms with Gasteiger partial charge in [0, 0.05) is 6.42 Å². The van der Waals surface area contributed by atoms with Gasteiger partial charge >= 0.3 is 10.4 Å². The lowest BCUT2D eigenvalue weighted by atomic mass is 10.0. The molecule has 0 aliphatic heterocycles. The van der Waals surface area contributed by atoms with Crippen molar-refractivity contribution in [1.82, 2.24) is 0 Å². The highest BCUT2D eigenvalue weighted by Gasteiger charge is 2.02. The van der Waals surface area contributed by atoms with Crippen molar-refractivity contribution in [2.24, 2.45) is 0 Å². The first-order chi connectivity index (χ1) is 11.9. The number of Topliss-reactive ketones (excluding diaryl/α,β-unsaturated/α-hetero) is 1. The molecule has 0 unspecified atom stereocenters. The second-order valence-corrected chi connectivity index (χ2v) is 8.10. The van der Waals surface area contributed by atoms with Gasteiger partial charge in [-0.1, -0.05) is 83.5 Å². The van der Waals surface area contributed by atoms with Crippen molar-refractivity contribution in [1.29, 1.82) is 0 Å². The summed E-state index contributed by atoms with van der Waals surface area (Å²) in [6, 6.07) is 0. The van der Waals surface area contributed by atoms with E-state index in [4.69, 9.17) is 4.55 Å². The van der Waals surface area contributed by atoms with E-state index in [2.05, 4.69) is 4.18 Å². The number of hydrogen-bond donors (Lipinski definition) is 1. The molecule has 0 rings (SSSR count). The fraction of sp³-hybridized carbons (Fsp3) is 0.947. The molecule has 5 nitrogen and oxygen atoms in total. The Balaban J connectivity index is 3.06. The van der Waals surface area contributed by atoms with Crippen molar-refractivity contribution in [3.8, 4) is 0 Å². The van der Waals surface area contributed by atoms with E-state index in [0.29, 0.717) is 12.2 Å². The summed E-state index contributed by atoms with van der Waals surface area (Å²) in [5.74, 6) is 0.311. The molecular weight excluding hydrogens is 340 g/mol. The maximum Gasteiger partial charge on any atom is 0.397 e. The highest BCUT2D eigenvalue weighted by Crippen LogP contribution is 2.13. The lowest BCUT2D eigenvalue weighted by Crippen LogP contribution is -2.04. The summed E-state index contributed by atoms with van der Waals surface area (Å²) in [6.07, 6.45) is 18.6. The topological polar surface area (TPSA) is 80.7 Å². The Morgan fingerprint density at radius 3 is 1.32 bits per heavy atom. The number of ketones is 1. The molecule has 1 N–H and O–H groups in total. The van der Waals surface area contributed by atoms with E-state index in [0.717, 1.165) is 25.7 Å². The van der Waals surface area contributed by atoms with Crippen LogP contribution in [0.1, 0.15) is 110 Å². The summed E-state index contributed by atoms with van der Waals surface area (Å²) >= 11 is 0. The maximum atomic E-state index is 10.8. The lowest BCUT2D eigenvalue weighted by molar-refractivity contribution is -0.117. The van der Waals surface area contributed by atoms with Crippen LogP contribution in [-0.2, 0) is 19.4 Å². The number of unbranched alkanes of at least 4 members (excludes halogenated alkanes) is 14. The summed E-state index contributed by atoms with van der Waals surface area (Å²) in [4.78, 5) is 10.8. The van der Waals surface area contributed by atoms with Gasteiger partial charge in [0.2, 0.25) is 0 Å². The van der Waals surface area contributed by atoms with E-state index in [9.17, 15) is 13.2 Å². The minimum atomic E-state index is -4.26. The molecule has 0 heterocycles. The van der Waals surface area contributed by atoms with Crippen LogP contribution in [0.5, 0.6) is 0 Å². The van der Waals surface area contributed by atoms with Crippen molar-refractivity contribution in [3.63, 3.8) is 0 Å². The average Bonchev–Trinajstić information content (AvgIpc) is 2.52. The molecule has 25 heavy (non-hydrogen) atoms. The molecule has 0 aromatic heterocycles. The number of carbonyl (C=O) groups excluding carboxylic acids is 1. The molecule has 0 aliphatic carbocycles. The smallest absolute Gasteiger partial charge is 0.300 e. The normalized spacial score (nSPS) is 11.8. The monoisotopic (exact) mass is 378 g/mol. The largest absolute Gasteiger partial charge is 0.397 e. The first-order valence-corrected chi connectivity index (χ1v) is 11.4. The number of hydrogen-bond acceptors (Lipinski definition) is 4. The Morgan fingerprint density at radius 2 is 1.00 bits per heavy atom. The van der Waals surface area contributed by atoms with Crippen LogP contribution in [0, 0.1) is 0 Å². The van der Waals surface area contributed by atoms with Crippen molar-refractivity contribution in [2.45, 2.75) is 110 Å². The molecule has 0 radical (unpaired) electrons. The molecule has 0 spiro atoms. The van der Waals surface area contributed by atoms with Crippen molar-refractivity contribution < 1.29 is 21.9 Å². The van der Waals surface area contributed by atoms with Crippen LogP contribution >= 0.6 is 0 Å². The molecular formula is C19H38O5S. The van der Waals surface area contributed by atoms with Gasteiger partial charge in [-0.25, -0.2) is 4.18 Å². The van der Waals surface area contributed by atoms with Gasteiger partial charge in [-0.2, -0.15) is 8.42 Å². The molecule has 0 aliphatic rings. The predicted octanol–water partition coefficient (Wildman–Crippen LogP) is 5.64. The number of carbonyl (C=O) groups is 1. The first kappa shape index (κ1) is 24.5. The minimum absolute atomic E-state index is 0.0789. The second kappa shape index (κ2) is 17.0. The first-order valence-electron chi connectivity index (χ1n) is 10.0. The molecule has 0 amide bonds. The van der Waals surface area contributed by atoms with Crippen LogP contribution in [0.4, 0.5) is 0 Å². The molecule has 0 aromatic carbocycles. The van der Waals surface area contributed by atoms with Gasteiger partial charge < -0.3 is 4.79 Å². The molecule has 0 atom stereocenters. The molecule has 0 aromatic rings. The average molecular weight is 379 g/mol. The molecule has 150 valence electrons. The van der Waals surface area contributed by atoms with Gasteiger partial charge in [0.25, 0.3) is 0 Å². The summed E-state index contributed by atoms with van der Waals surface area (Å²) < 4.78 is 33.3. The molecule has 6 heteroatoms. The zero-order valence-electron chi connectivity index (χ0n) is 16.0. The van der Waals surface area contributed by atoms with Crippen molar-refractivity contribution >= 4 is 16.2 Å². The molecule has 0 bridgehead atoms. The van der Waals surface area contributed by atoms with Crippen molar-refractivity contribution in [3.05, 3.63) is 0 Å². The van der Waals surface area contributed by atoms with Gasteiger partial charge in [-0.3, -0.25) is 4.55 Å². The van der Waals surface area contributed by atoms with Gasteiger partial charge in [-0.15, -0.1) is 0 Å². The Morgan fingerprint density at radius 1 is 0.680 bits per heavy atom. The highest BCUT2D eigenvalue weighted by atomic mass is 32.3. The summed E-state index contributed by atoms with van der Waals surface area (Å²) in [6.45, 7) is 1.75. The highest BCUT2D eigenvalue weighted by molar-refractivity contribution is 7.80. The standard InChI is InChI=1S/C19H38O5S/c1-19(20)17-15-13-11-9-7-5-3-2-4-6-8-10-12-14-16-18-24-25(21,22)23/h2-18H2,1H3,(H,21,22,23). The van der Waals surface area contributed by atoms with Gasteiger partial charge in [0.1, 0.15) is 5.78 Å². The third-order valence-electron chi connectivity index (χ3n) is 4.41. The SMILES string of the molecule is CC(=O)CCCCCCCCCCCCCCCCCOS(=O)(=O)O. The Labute approximate surface area is 154 Å². The van der Waals surface area contributed by atoms with Gasteiger partial charge in [0.15, 0.2) is 0 Å². The summed E-state index contributed by atoms with van der Waals surface area (Å²) in [5, 5.41) is 0. The second-order valence-electron chi connectivity index (χ2n) is 7.01. The third-order valence-corrected chi connectivity index (χ3v) is 4.87. The van der Waals surface area contributed by atoms with E-state index in [-0.39, 0.29) is 6.61 Å². The van der Waals surface area contributed by atoms with E-state index < -0.39 is 10.4 Å². The van der Waals surface area contributed by atoms with Crippen LogP contribution in [0.2, 0.25) is 0 Å². The van der Waals surface area contributed by atoms with Crippen molar-refractivity contribution in [2.75, 3.05) is 6.61 Å². The Bertz CT molecular complexity index is 406. The lowest BCUT2D eigenvalue weighted by Gasteiger charge is -2.03. The Kier molecular flexibility index (Phi) is 16.7. The molecule has 0 fully saturated rings. The summed E-state index contributed by atoms with van der Waals surface area (Å²) in [7, 11) is -4.26. The maximum absolute atomic E-state index is 10.8. The van der Waals surface area contributed by atoms with Crippen LogP contribution in [-0.4, -0.2) is 25.4 Å². The van der Waals surface area contributed by atoms with Crippen LogP contribution in [0.15, 0.2) is 0 Å². The fourth-order valence-electron chi connectivity index (χ4n) is 2.94. The zero-order chi connectivity index (χ0) is 18.8. The quantitative estimate of drug-likeness (QED) is 0.232. The molecule has 0 saturated heterocycles. The van der Waals surface area contributed by atoms with E-state index in [1.807, 2.05) is 0 Å². The number of rotatable bonds is 19.